The van der Waals surface area contributed by atoms with Crippen molar-refractivity contribution in [3.63, 3.8) is 0 Å². The van der Waals surface area contributed by atoms with Crippen LogP contribution in [0, 0.1) is 5.82 Å². The number of ether oxygens (including phenoxy) is 2. The minimum Gasteiger partial charge on any atom is -0.493 e. The molecule has 41 heavy (non-hydrogen) atoms. The quantitative estimate of drug-likeness (QED) is 0.307. The van der Waals surface area contributed by atoms with Crippen molar-refractivity contribution in [2.75, 3.05) is 31.6 Å². The number of likely N-dealkylation sites (N-methyl/N-ethyl adjacent to an activating group) is 1. The lowest BCUT2D eigenvalue weighted by Crippen LogP contribution is -2.51. The second kappa shape index (κ2) is 13.9. The molecule has 13 heteroatoms. The van der Waals surface area contributed by atoms with Crippen LogP contribution in [0.4, 0.5) is 10.1 Å². The van der Waals surface area contributed by atoms with Crippen LogP contribution in [0.3, 0.4) is 0 Å². The fourth-order valence-electron chi connectivity index (χ4n) is 3.98. The molecule has 0 fully saturated rings. The van der Waals surface area contributed by atoms with E-state index < -0.39 is 40.2 Å². The normalized spacial score (nSPS) is 11.9. The van der Waals surface area contributed by atoms with Gasteiger partial charge in [0, 0.05) is 29.2 Å². The molecule has 0 unspecified atom stereocenters. The van der Waals surface area contributed by atoms with E-state index in [-0.39, 0.29) is 27.9 Å². The number of nitrogens with zero attached hydrogens (tertiary/aromatic N) is 2. The Hall–Kier alpha value is -3.54. The van der Waals surface area contributed by atoms with E-state index in [4.69, 9.17) is 32.7 Å². The van der Waals surface area contributed by atoms with Gasteiger partial charge in [-0.2, -0.15) is 0 Å². The predicted molar refractivity (Wildman–Crippen MR) is 156 cm³/mol. The average molecular weight is 627 g/mol. The van der Waals surface area contributed by atoms with Crippen LogP contribution in [0.25, 0.3) is 0 Å². The molecule has 0 aliphatic heterocycles. The maximum absolute atomic E-state index is 13.9. The van der Waals surface area contributed by atoms with Gasteiger partial charge in [-0.05, 0) is 67.9 Å². The SMILES string of the molecule is CCNC(=O)[C@H](C)N(Cc1ccc(Cl)cc1Cl)C(=O)CN(c1ccc(F)cc1)S(=O)(=O)c1ccc(OC)c(OC)c1. The van der Waals surface area contributed by atoms with E-state index in [0.29, 0.717) is 22.9 Å². The van der Waals surface area contributed by atoms with Crippen molar-refractivity contribution in [1.82, 2.24) is 10.2 Å². The maximum atomic E-state index is 13.9. The van der Waals surface area contributed by atoms with Crippen molar-refractivity contribution in [2.24, 2.45) is 0 Å². The van der Waals surface area contributed by atoms with Crippen LogP contribution in [-0.2, 0) is 26.2 Å². The number of carbonyl (C=O) groups is 2. The van der Waals surface area contributed by atoms with E-state index in [9.17, 15) is 22.4 Å². The van der Waals surface area contributed by atoms with Crippen LogP contribution in [-0.4, -0.2) is 58.5 Å². The summed E-state index contributed by atoms with van der Waals surface area (Å²) in [5, 5.41) is 3.33. The maximum Gasteiger partial charge on any atom is 0.264 e. The Bertz CT molecular complexity index is 1510. The standard InChI is InChI=1S/C28H30Cl2FN3O6S/c1-5-32-28(36)18(2)33(16-19-6-7-20(29)14-24(19)30)27(35)17-34(22-10-8-21(31)9-11-22)41(37,38)23-12-13-25(39-3)26(15-23)40-4/h6-15,18H,5,16-17H2,1-4H3,(H,32,36)/t18-/m0/s1. The van der Waals surface area contributed by atoms with Crippen LogP contribution in [0.1, 0.15) is 19.4 Å². The lowest BCUT2D eigenvalue weighted by Gasteiger charge is -2.32. The molecule has 2 amide bonds. The van der Waals surface area contributed by atoms with Crippen LogP contribution in [0.5, 0.6) is 11.5 Å². The molecule has 0 radical (unpaired) electrons. The highest BCUT2D eigenvalue weighted by molar-refractivity contribution is 7.92. The molecular weight excluding hydrogens is 596 g/mol. The number of hydrogen-bond acceptors (Lipinski definition) is 6. The first-order valence-electron chi connectivity index (χ1n) is 12.4. The van der Waals surface area contributed by atoms with Gasteiger partial charge in [0.05, 0.1) is 24.8 Å². The Labute approximate surface area is 248 Å². The number of sulfonamides is 1. The average Bonchev–Trinajstić information content (AvgIpc) is 2.95. The highest BCUT2D eigenvalue weighted by atomic mass is 35.5. The van der Waals surface area contributed by atoms with E-state index in [0.717, 1.165) is 16.4 Å². The molecule has 0 bridgehead atoms. The van der Waals surface area contributed by atoms with Crippen molar-refractivity contribution in [1.29, 1.82) is 0 Å². The second-order valence-electron chi connectivity index (χ2n) is 8.83. The topological polar surface area (TPSA) is 105 Å². The first kappa shape index (κ1) is 32.0. The van der Waals surface area contributed by atoms with Gasteiger partial charge in [0.15, 0.2) is 11.5 Å². The lowest BCUT2D eigenvalue weighted by molar-refractivity contribution is -0.139. The smallest absolute Gasteiger partial charge is 0.264 e. The Morgan fingerprint density at radius 2 is 1.63 bits per heavy atom. The van der Waals surface area contributed by atoms with Crippen LogP contribution in [0.15, 0.2) is 65.6 Å². The van der Waals surface area contributed by atoms with E-state index in [1.807, 2.05) is 0 Å². The summed E-state index contributed by atoms with van der Waals surface area (Å²) in [6.45, 7) is 2.76. The lowest BCUT2D eigenvalue weighted by atomic mass is 10.1. The van der Waals surface area contributed by atoms with Crippen molar-refractivity contribution >= 4 is 50.7 Å². The van der Waals surface area contributed by atoms with Gasteiger partial charge in [-0.25, -0.2) is 12.8 Å². The Kier molecular flexibility index (Phi) is 10.8. The van der Waals surface area contributed by atoms with E-state index in [1.165, 1.54) is 62.4 Å². The molecule has 0 saturated heterocycles. The highest BCUT2D eigenvalue weighted by Crippen LogP contribution is 2.32. The van der Waals surface area contributed by atoms with Gasteiger partial charge in [-0.15, -0.1) is 0 Å². The summed E-state index contributed by atoms with van der Waals surface area (Å²) in [6.07, 6.45) is 0. The molecule has 0 aliphatic rings. The molecule has 0 aromatic heterocycles. The number of hydrogen-bond donors (Lipinski definition) is 1. The molecule has 0 heterocycles. The zero-order chi connectivity index (χ0) is 30.3. The van der Waals surface area contributed by atoms with Gasteiger partial charge in [0.2, 0.25) is 11.8 Å². The van der Waals surface area contributed by atoms with Crippen molar-refractivity contribution < 1.29 is 31.9 Å². The second-order valence-corrected chi connectivity index (χ2v) is 11.5. The molecule has 3 aromatic rings. The molecule has 1 N–H and O–H groups in total. The molecule has 220 valence electrons. The molecule has 0 aliphatic carbocycles. The molecule has 1 atom stereocenters. The predicted octanol–water partition coefficient (Wildman–Crippen LogP) is 4.90. The fourth-order valence-corrected chi connectivity index (χ4v) is 5.88. The number of halogens is 3. The number of carbonyl (C=O) groups excluding carboxylic acids is 2. The Morgan fingerprint density at radius 3 is 2.22 bits per heavy atom. The monoisotopic (exact) mass is 625 g/mol. The summed E-state index contributed by atoms with van der Waals surface area (Å²) in [5.74, 6) is -1.28. The molecule has 9 nitrogen and oxygen atoms in total. The van der Waals surface area contributed by atoms with E-state index in [2.05, 4.69) is 5.32 Å². The van der Waals surface area contributed by atoms with Gasteiger partial charge in [-0.1, -0.05) is 29.3 Å². The molecule has 3 rings (SSSR count). The number of nitrogens with one attached hydrogen (secondary N) is 1. The first-order chi connectivity index (χ1) is 19.4. The van der Waals surface area contributed by atoms with Crippen molar-refractivity contribution in [3.05, 3.63) is 82.1 Å². The third-order valence-corrected chi connectivity index (χ3v) is 8.57. The third kappa shape index (κ3) is 7.60. The van der Waals surface area contributed by atoms with Crippen molar-refractivity contribution in [2.45, 2.75) is 31.3 Å². The zero-order valence-corrected chi connectivity index (χ0v) is 25.2. The highest BCUT2D eigenvalue weighted by Gasteiger charge is 2.33. The first-order valence-corrected chi connectivity index (χ1v) is 14.6. The molecule has 0 spiro atoms. The van der Waals surface area contributed by atoms with Gasteiger partial charge < -0.3 is 19.7 Å². The summed E-state index contributed by atoms with van der Waals surface area (Å²) in [7, 11) is -1.64. The molecule has 0 saturated carbocycles. The number of anilines is 1. The molecule has 3 aromatic carbocycles. The third-order valence-electron chi connectivity index (χ3n) is 6.21. The van der Waals surface area contributed by atoms with Gasteiger partial charge in [0.1, 0.15) is 18.4 Å². The van der Waals surface area contributed by atoms with E-state index >= 15 is 0 Å². The van der Waals surface area contributed by atoms with E-state index in [1.54, 1.807) is 19.1 Å². The van der Waals surface area contributed by atoms with Gasteiger partial charge in [0.25, 0.3) is 10.0 Å². The van der Waals surface area contributed by atoms with Crippen LogP contribution in [0.2, 0.25) is 10.0 Å². The zero-order valence-electron chi connectivity index (χ0n) is 22.9. The Morgan fingerprint density at radius 1 is 0.976 bits per heavy atom. The van der Waals surface area contributed by atoms with Crippen molar-refractivity contribution in [3.8, 4) is 11.5 Å². The number of rotatable bonds is 12. The van der Waals surface area contributed by atoms with Crippen LogP contribution < -0.4 is 19.1 Å². The number of methoxy groups -OCH3 is 2. The summed E-state index contributed by atoms with van der Waals surface area (Å²) in [4.78, 5) is 27.7. The van der Waals surface area contributed by atoms with Gasteiger partial charge >= 0.3 is 0 Å². The summed E-state index contributed by atoms with van der Waals surface area (Å²) < 4.78 is 53.0. The fraction of sp³-hybridized carbons (Fsp3) is 0.286. The summed E-state index contributed by atoms with van der Waals surface area (Å²) in [5.41, 5.74) is 0.529. The van der Waals surface area contributed by atoms with Gasteiger partial charge in [-0.3, -0.25) is 13.9 Å². The molecular formula is C28H30Cl2FN3O6S. The number of amides is 2. The largest absolute Gasteiger partial charge is 0.493 e. The number of benzene rings is 3. The van der Waals surface area contributed by atoms with Crippen LogP contribution >= 0.6 is 23.2 Å². The summed E-state index contributed by atoms with van der Waals surface area (Å²) in [6, 6.07) is 12.4. The minimum absolute atomic E-state index is 0.0321. The minimum atomic E-state index is -4.41. The summed E-state index contributed by atoms with van der Waals surface area (Å²) >= 11 is 12.4. The Balaban J connectivity index is 2.08.